The maximum absolute atomic E-state index is 13.5. The van der Waals surface area contributed by atoms with Gasteiger partial charge in [-0.15, -0.1) is 0 Å². The number of benzene rings is 1. The van der Waals surface area contributed by atoms with E-state index in [1.807, 2.05) is 6.92 Å². The van der Waals surface area contributed by atoms with Crippen molar-refractivity contribution < 1.29 is 33.2 Å². The lowest BCUT2D eigenvalue weighted by atomic mass is 9.42. The van der Waals surface area contributed by atoms with Crippen LogP contribution < -0.4 is 10.4 Å². The van der Waals surface area contributed by atoms with E-state index in [9.17, 15) is 19.4 Å². The molecule has 3 aromatic rings. The summed E-state index contributed by atoms with van der Waals surface area (Å²) in [5.74, 6) is -0.503. The zero-order chi connectivity index (χ0) is 28.7. The number of hydrogen-bond donors (Lipinski definition) is 2. The van der Waals surface area contributed by atoms with Crippen LogP contribution in [0, 0.1) is 28.5 Å². The number of halogens is 1. The Morgan fingerprint density at radius 1 is 1.07 bits per heavy atom. The molecule has 1 saturated heterocycles. The van der Waals surface area contributed by atoms with Gasteiger partial charge in [-0.2, -0.15) is 0 Å². The summed E-state index contributed by atoms with van der Waals surface area (Å²) in [5.41, 5.74) is -1.36. The first kappa shape index (κ1) is 26.8. The highest BCUT2D eigenvalue weighted by Gasteiger charge is 2.70. The zero-order valence-corrected chi connectivity index (χ0v) is 23.2. The van der Waals surface area contributed by atoms with E-state index in [-0.39, 0.29) is 34.9 Å². The molecule has 0 bridgehead atoms. The third-order valence-corrected chi connectivity index (χ3v) is 10.5. The van der Waals surface area contributed by atoms with Gasteiger partial charge >= 0.3 is 5.63 Å². The van der Waals surface area contributed by atoms with Crippen molar-refractivity contribution in [1.82, 2.24) is 4.98 Å². The van der Waals surface area contributed by atoms with Crippen LogP contribution in [0.15, 0.2) is 64.1 Å². The molecule has 41 heavy (non-hydrogen) atoms. The maximum atomic E-state index is 13.5. The molecule has 4 aliphatic rings. The van der Waals surface area contributed by atoms with E-state index < -0.39 is 46.5 Å². The second kappa shape index (κ2) is 9.19. The Labute approximate surface area is 237 Å². The maximum Gasteiger partial charge on any atom is 0.345 e. The Morgan fingerprint density at radius 3 is 2.59 bits per heavy atom. The van der Waals surface area contributed by atoms with E-state index in [1.54, 1.807) is 42.7 Å². The second-order valence-electron chi connectivity index (χ2n) is 12.8. The predicted molar refractivity (Wildman–Crippen MR) is 145 cm³/mol. The van der Waals surface area contributed by atoms with Crippen LogP contribution in [-0.2, 0) is 9.47 Å². The lowest BCUT2D eigenvalue weighted by Gasteiger charge is -2.67. The Hall–Kier alpha value is -3.11. The van der Waals surface area contributed by atoms with Crippen molar-refractivity contribution in [1.29, 1.82) is 0 Å². The van der Waals surface area contributed by atoms with Gasteiger partial charge < -0.3 is 28.8 Å². The van der Waals surface area contributed by atoms with E-state index >= 15 is 0 Å². The van der Waals surface area contributed by atoms with Gasteiger partial charge in [0.15, 0.2) is 6.29 Å². The molecule has 8 nitrogen and oxygen atoms in total. The summed E-state index contributed by atoms with van der Waals surface area (Å²) in [6.07, 6.45) is 2.12. The Morgan fingerprint density at radius 2 is 1.85 bits per heavy atom. The molecule has 9 heteroatoms. The van der Waals surface area contributed by atoms with Crippen LogP contribution in [0.2, 0.25) is 0 Å². The number of hydrogen-bond acceptors (Lipinski definition) is 8. The van der Waals surface area contributed by atoms with E-state index in [0.29, 0.717) is 31.4 Å². The van der Waals surface area contributed by atoms with Crippen molar-refractivity contribution in [3.05, 3.63) is 82.2 Å². The van der Waals surface area contributed by atoms with E-state index in [1.165, 1.54) is 12.1 Å². The number of fused-ring (bicyclic) bond motifs is 6. The van der Waals surface area contributed by atoms with Crippen molar-refractivity contribution in [2.75, 3.05) is 6.61 Å². The Kier molecular flexibility index (Phi) is 6.00. The van der Waals surface area contributed by atoms with Gasteiger partial charge in [0, 0.05) is 40.9 Å². The summed E-state index contributed by atoms with van der Waals surface area (Å²) in [5, 5.41) is 23.6. The van der Waals surface area contributed by atoms with E-state index in [2.05, 4.69) is 18.8 Å². The highest BCUT2D eigenvalue weighted by atomic mass is 19.1. The standard InChI is InChI=1S/C32H34FNO7/c1-30-11-10-24-31(2,16-38-29(40-24)17-6-8-19(33)9-7-17)22(30)14-23(35)32(3)27(30)26(36)25-21(41-32)13-20(39-28(25)37)18-5-4-12-34-15-18/h4-9,12-13,15,22-24,26-27,29,35-36H,10-11,14,16H2,1-3H3/t22-,23+,24+,26+,27-,29-,30+,31+,32-/m1/s1. The normalized spacial score (nSPS) is 39.5. The molecule has 2 saturated carbocycles. The minimum Gasteiger partial charge on any atom is -0.484 e. The number of aromatic nitrogens is 1. The quantitative estimate of drug-likeness (QED) is 0.451. The molecule has 0 unspecified atom stereocenters. The highest BCUT2D eigenvalue weighted by molar-refractivity contribution is 5.59. The summed E-state index contributed by atoms with van der Waals surface area (Å²) < 4.78 is 38.4. The van der Waals surface area contributed by atoms with Crippen LogP contribution in [0.25, 0.3) is 11.3 Å². The molecule has 7 rings (SSSR count). The lowest BCUT2D eigenvalue weighted by Crippen LogP contribution is -2.71. The third kappa shape index (κ3) is 3.86. The Balaban J connectivity index is 1.24. The monoisotopic (exact) mass is 563 g/mol. The topological polar surface area (TPSA) is 111 Å². The molecular weight excluding hydrogens is 529 g/mol. The molecule has 2 aromatic heterocycles. The summed E-state index contributed by atoms with van der Waals surface area (Å²) in [6, 6.07) is 11.3. The molecule has 2 aliphatic carbocycles. The van der Waals surface area contributed by atoms with Gasteiger partial charge in [-0.1, -0.05) is 26.0 Å². The number of ether oxygens (including phenoxy) is 3. The van der Waals surface area contributed by atoms with Crippen molar-refractivity contribution >= 4 is 0 Å². The number of aliphatic hydroxyl groups is 2. The fraction of sp³-hybridized carbons (Fsp3) is 0.500. The van der Waals surface area contributed by atoms with Crippen LogP contribution in [0.4, 0.5) is 4.39 Å². The van der Waals surface area contributed by atoms with Crippen LogP contribution in [0.1, 0.15) is 63.6 Å². The fourth-order valence-corrected chi connectivity index (χ4v) is 8.50. The van der Waals surface area contributed by atoms with Crippen molar-refractivity contribution in [3.8, 4) is 17.1 Å². The zero-order valence-electron chi connectivity index (χ0n) is 23.2. The van der Waals surface area contributed by atoms with Gasteiger partial charge in [0.05, 0.1) is 24.9 Å². The third-order valence-electron chi connectivity index (χ3n) is 10.5. The average Bonchev–Trinajstić information content (AvgIpc) is 2.94. The smallest absolute Gasteiger partial charge is 0.345 e. The number of aliphatic hydroxyl groups excluding tert-OH is 2. The Bertz CT molecular complexity index is 1530. The lowest BCUT2D eigenvalue weighted by molar-refractivity contribution is -0.330. The summed E-state index contributed by atoms with van der Waals surface area (Å²) >= 11 is 0. The summed E-state index contributed by atoms with van der Waals surface area (Å²) in [6.45, 7) is 6.46. The molecule has 3 fully saturated rings. The van der Waals surface area contributed by atoms with Crippen LogP contribution in [-0.4, -0.2) is 39.6 Å². The summed E-state index contributed by atoms with van der Waals surface area (Å²) in [4.78, 5) is 17.4. The minimum atomic E-state index is -1.21. The highest BCUT2D eigenvalue weighted by Crippen LogP contribution is 2.68. The molecule has 0 spiro atoms. The largest absolute Gasteiger partial charge is 0.484 e. The van der Waals surface area contributed by atoms with Gasteiger partial charge in [-0.25, -0.2) is 9.18 Å². The summed E-state index contributed by atoms with van der Waals surface area (Å²) in [7, 11) is 0. The van der Waals surface area contributed by atoms with Crippen molar-refractivity contribution in [3.63, 3.8) is 0 Å². The van der Waals surface area contributed by atoms with Crippen LogP contribution in [0.5, 0.6) is 5.75 Å². The first-order valence-corrected chi connectivity index (χ1v) is 14.2. The SMILES string of the molecule is C[C@@]12CO[C@@H](c3ccc(F)cc3)O[C@H]1CC[C@@]1(C)[C@H]2C[C@H](O)[C@@]2(C)Oc3cc(-c4cccnc4)oc(=O)c3[C@H](O)[C@H]12. The molecule has 2 N–H and O–H groups in total. The van der Waals surface area contributed by atoms with Gasteiger partial charge in [0.1, 0.15) is 28.5 Å². The van der Waals surface area contributed by atoms with Crippen LogP contribution >= 0.6 is 0 Å². The molecular formula is C32H34FNO7. The van der Waals surface area contributed by atoms with Crippen LogP contribution in [0.3, 0.4) is 0 Å². The molecule has 0 radical (unpaired) electrons. The molecule has 2 aliphatic heterocycles. The molecule has 216 valence electrons. The predicted octanol–water partition coefficient (Wildman–Crippen LogP) is 4.94. The van der Waals surface area contributed by atoms with Crippen molar-refractivity contribution in [2.24, 2.45) is 22.7 Å². The van der Waals surface area contributed by atoms with Gasteiger partial charge in [-0.05, 0) is 61.8 Å². The molecule has 1 aromatic carbocycles. The first-order chi connectivity index (χ1) is 19.5. The number of nitrogens with zero attached hydrogens (tertiary/aromatic N) is 1. The van der Waals surface area contributed by atoms with Gasteiger partial charge in [0.25, 0.3) is 0 Å². The first-order valence-electron chi connectivity index (χ1n) is 14.2. The van der Waals surface area contributed by atoms with Gasteiger partial charge in [-0.3, -0.25) is 4.98 Å². The molecule has 0 amide bonds. The number of rotatable bonds is 2. The average molecular weight is 564 g/mol. The van der Waals surface area contributed by atoms with Crippen molar-refractivity contribution in [2.45, 2.75) is 70.2 Å². The fourth-order valence-electron chi connectivity index (χ4n) is 8.50. The molecule has 4 heterocycles. The molecule has 9 atom stereocenters. The van der Waals surface area contributed by atoms with Gasteiger partial charge in [0.2, 0.25) is 0 Å². The van der Waals surface area contributed by atoms with E-state index in [0.717, 1.165) is 5.56 Å². The second-order valence-corrected chi connectivity index (χ2v) is 12.8. The minimum absolute atomic E-state index is 0.0778. The number of pyridine rings is 1. The van der Waals surface area contributed by atoms with E-state index in [4.69, 9.17) is 18.6 Å².